The van der Waals surface area contributed by atoms with Crippen LogP contribution in [0.5, 0.6) is 0 Å². The van der Waals surface area contributed by atoms with Crippen molar-refractivity contribution in [1.29, 1.82) is 5.26 Å². The van der Waals surface area contributed by atoms with Gasteiger partial charge in [-0.2, -0.15) is 9.57 Å². The van der Waals surface area contributed by atoms with E-state index in [1.54, 1.807) is 13.0 Å². The second-order valence-corrected chi connectivity index (χ2v) is 8.37. The van der Waals surface area contributed by atoms with E-state index in [4.69, 9.17) is 5.26 Å². The van der Waals surface area contributed by atoms with Crippen LogP contribution >= 0.6 is 0 Å². The Labute approximate surface area is 145 Å². The monoisotopic (exact) mass is 362 g/mol. The van der Waals surface area contributed by atoms with Gasteiger partial charge in [0.05, 0.1) is 16.5 Å². The molecule has 8 nitrogen and oxygen atoms in total. The number of imide groups is 1. The predicted molar refractivity (Wildman–Crippen MR) is 87.7 cm³/mol. The zero-order valence-electron chi connectivity index (χ0n) is 13.7. The summed E-state index contributed by atoms with van der Waals surface area (Å²) in [5.41, 5.74) is -0.720. The fourth-order valence-electron chi connectivity index (χ4n) is 3.39. The van der Waals surface area contributed by atoms with Crippen molar-refractivity contribution in [2.45, 2.75) is 30.2 Å². The lowest BCUT2D eigenvalue weighted by Gasteiger charge is -2.38. The first-order chi connectivity index (χ1) is 11.8. The molecule has 0 aromatic heterocycles. The van der Waals surface area contributed by atoms with Crippen molar-refractivity contribution in [3.8, 4) is 6.07 Å². The first-order valence-electron chi connectivity index (χ1n) is 7.91. The van der Waals surface area contributed by atoms with Crippen LogP contribution in [0.15, 0.2) is 29.2 Å². The minimum absolute atomic E-state index is 0.0862. The predicted octanol–water partition coefficient (Wildman–Crippen LogP) is 0.557. The van der Waals surface area contributed by atoms with Gasteiger partial charge in [0.25, 0.3) is 5.91 Å². The molecule has 0 bridgehead atoms. The van der Waals surface area contributed by atoms with E-state index in [-0.39, 0.29) is 35.4 Å². The fourth-order valence-corrected chi connectivity index (χ4v) is 4.91. The number of nitrogens with one attached hydrogen (secondary N) is 2. The third-order valence-corrected chi connectivity index (χ3v) is 6.84. The van der Waals surface area contributed by atoms with Gasteiger partial charge in [-0.3, -0.25) is 10.1 Å². The molecule has 2 saturated heterocycles. The lowest BCUT2D eigenvalue weighted by Crippen LogP contribution is -2.54. The topological polar surface area (TPSA) is 119 Å². The molecule has 25 heavy (non-hydrogen) atoms. The number of benzene rings is 1. The highest BCUT2D eigenvalue weighted by Gasteiger charge is 2.49. The Morgan fingerprint density at radius 3 is 2.52 bits per heavy atom. The second-order valence-electron chi connectivity index (χ2n) is 6.43. The third kappa shape index (κ3) is 2.99. The Morgan fingerprint density at radius 2 is 1.96 bits per heavy atom. The van der Waals surface area contributed by atoms with Crippen LogP contribution in [-0.4, -0.2) is 43.3 Å². The van der Waals surface area contributed by atoms with Gasteiger partial charge >= 0.3 is 6.03 Å². The van der Waals surface area contributed by atoms with Crippen molar-refractivity contribution in [2.75, 3.05) is 13.1 Å². The number of hydrogen-bond acceptors (Lipinski definition) is 5. The van der Waals surface area contributed by atoms with Gasteiger partial charge in [0.1, 0.15) is 5.54 Å². The van der Waals surface area contributed by atoms with E-state index in [2.05, 4.69) is 10.6 Å². The highest BCUT2D eigenvalue weighted by atomic mass is 32.2. The van der Waals surface area contributed by atoms with Crippen LogP contribution in [0.25, 0.3) is 0 Å². The summed E-state index contributed by atoms with van der Waals surface area (Å²) in [7, 11) is -3.69. The van der Waals surface area contributed by atoms with E-state index in [0.29, 0.717) is 12.8 Å². The maximum absolute atomic E-state index is 12.7. The van der Waals surface area contributed by atoms with Crippen LogP contribution in [-0.2, 0) is 14.8 Å². The van der Waals surface area contributed by atoms with E-state index in [1.807, 2.05) is 6.07 Å². The number of urea groups is 1. The van der Waals surface area contributed by atoms with Gasteiger partial charge in [0.15, 0.2) is 0 Å². The second kappa shape index (κ2) is 6.13. The molecular formula is C16H18N4O4S. The van der Waals surface area contributed by atoms with Crippen molar-refractivity contribution < 1.29 is 18.0 Å². The summed E-state index contributed by atoms with van der Waals surface area (Å²) in [4.78, 5) is 23.5. The average molecular weight is 362 g/mol. The van der Waals surface area contributed by atoms with Crippen LogP contribution in [0.2, 0.25) is 0 Å². The number of nitrogens with zero attached hydrogens (tertiary/aromatic N) is 2. The van der Waals surface area contributed by atoms with E-state index in [9.17, 15) is 18.0 Å². The lowest BCUT2D eigenvalue weighted by molar-refractivity contribution is -0.125. The fraction of sp³-hybridized carbons (Fsp3) is 0.438. The number of amides is 3. The Kier molecular flexibility index (Phi) is 4.26. The van der Waals surface area contributed by atoms with Gasteiger partial charge in [0, 0.05) is 13.1 Å². The highest BCUT2D eigenvalue weighted by molar-refractivity contribution is 7.89. The minimum Gasteiger partial charge on any atom is -0.323 e. The molecule has 1 aromatic rings. The van der Waals surface area contributed by atoms with E-state index < -0.39 is 21.6 Å². The van der Waals surface area contributed by atoms with Crippen molar-refractivity contribution in [3.63, 3.8) is 0 Å². The number of nitriles is 1. The number of carbonyl (C=O) groups excluding carboxylic acids is 2. The van der Waals surface area contributed by atoms with Crippen LogP contribution < -0.4 is 10.6 Å². The van der Waals surface area contributed by atoms with E-state index in [0.717, 1.165) is 0 Å². The van der Waals surface area contributed by atoms with Gasteiger partial charge < -0.3 is 5.32 Å². The van der Waals surface area contributed by atoms with Crippen LogP contribution in [0.3, 0.4) is 0 Å². The Balaban J connectivity index is 1.75. The Bertz CT molecular complexity index is 868. The molecule has 2 N–H and O–H groups in total. The molecule has 1 aromatic carbocycles. The van der Waals surface area contributed by atoms with Gasteiger partial charge in [-0.1, -0.05) is 6.07 Å². The molecule has 2 aliphatic rings. The van der Waals surface area contributed by atoms with Crippen molar-refractivity contribution in [2.24, 2.45) is 5.92 Å². The van der Waals surface area contributed by atoms with Crippen LogP contribution in [0, 0.1) is 17.2 Å². The van der Waals surface area contributed by atoms with Crippen molar-refractivity contribution >= 4 is 22.0 Å². The number of carbonyl (C=O) groups is 2. The first kappa shape index (κ1) is 17.4. The molecule has 0 saturated carbocycles. The maximum Gasteiger partial charge on any atom is 0.322 e. The van der Waals surface area contributed by atoms with E-state index in [1.165, 1.54) is 22.5 Å². The van der Waals surface area contributed by atoms with E-state index >= 15 is 0 Å². The van der Waals surface area contributed by atoms with Crippen LogP contribution in [0.1, 0.15) is 25.3 Å². The molecule has 132 valence electrons. The quantitative estimate of drug-likeness (QED) is 0.761. The lowest BCUT2D eigenvalue weighted by atomic mass is 9.79. The normalized spacial score (nSPS) is 25.3. The van der Waals surface area contributed by atoms with Crippen LogP contribution in [0.4, 0.5) is 4.79 Å². The summed E-state index contributed by atoms with van der Waals surface area (Å²) in [6.07, 6.45) is 0.919. The van der Waals surface area contributed by atoms with Crippen molar-refractivity contribution in [3.05, 3.63) is 29.8 Å². The maximum atomic E-state index is 12.7. The summed E-state index contributed by atoms with van der Waals surface area (Å²) < 4.78 is 26.9. The smallest absolute Gasteiger partial charge is 0.322 e. The zero-order chi connectivity index (χ0) is 18.2. The Hall–Kier alpha value is -2.44. The van der Waals surface area contributed by atoms with Gasteiger partial charge in [-0.25, -0.2) is 13.2 Å². The average Bonchev–Trinajstić information content (AvgIpc) is 2.88. The molecule has 1 atom stereocenters. The molecule has 9 heteroatoms. The van der Waals surface area contributed by atoms with Gasteiger partial charge in [-0.15, -0.1) is 0 Å². The number of sulfonamides is 1. The summed E-state index contributed by atoms with van der Waals surface area (Å²) in [6, 6.07) is 7.32. The van der Waals surface area contributed by atoms with Crippen molar-refractivity contribution in [1.82, 2.24) is 14.9 Å². The molecule has 0 radical (unpaired) electrons. The molecule has 0 unspecified atom stereocenters. The number of hydrogen-bond donors (Lipinski definition) is 2. The summed E-state index contributed by atoms with van der Waals surface area (Å²) >= 11 is 0. The number of piperidine rings is 1. The summed E-state index contributed by atoms with van der Waals surface area (Å²) in [6.45, 7) is 2.17. The minimum atomic E-state index is -3.69. The van der Waals surface area contributed by atoms with Gasteiger partial charge in [0.2, 0.25) is 10.0 Å². The zero-order valence-corrected chi connectivity index (χ0v) is 14.5. The third-order valence-electron chi connectivity index (χ3n) is 4.94. The largest absolute Gasteiger partial charge is 0.323 e. The molecule has 3 amide bonds. The molecule has 2 aliphatic heterocycles. The molecule has 2 heterocycles. The number of rotatable bonds is 3. The molecule has 2 fully saturated rings. The molecule has 0 spiro atoms. The summed E-state index contributed by atoms with van der Waals surface area (Å²) in [5, 5.41) is 13.8. The molecule has 3 rings (SSSR count). The first-order valence-corrected chi connectivity index (χ1v) is 9.35. The standard InChI is InChI=1S/C16H18N4O4S/c1-16(14(21)18-15(22)19-16)12-5-7-20(8-6-12)25(23,24)13-4-2-3-11(9-13)10-17/h2-4,9,12H,5-8H2,1H3,(H2,18,19,21,22)/t16-/m1/s1. The molecule has 0 aliphatic carbocycles. The Morgan fingerprint density at radius 1 is 1.28 bits per heavy atom. The SMILES string of the molecule is C[C@]1(C2CCN(S(=O)(=O)c3cccc(C#N)c3)CC2)NC(=O)NC1=O. The highest BCUT2D eigenvalue weighted by Crippen LogP contribution is 2.32. The van der Waals surface area contributed by atoms with Gasteiger partial charge in [-0.05, 0) is 43.9 Å². The summed E-state index contributed by atoms with van der Waals surface area (Å²) in [5.74, 6) is -0.517. The molecular weight excluding hydrogens is 344 g/mol.